The number of ketones is 1. The number of carbonyl (C=O) groups excluding carboxylic acids is 1. The van der Waals surface area contributed by atoms with Crippen molar-refractivity contribution >= 4 is 16.7 Å². The second-order valence-electron chi connectivity index (χ2n) is 4.19. The Labute approximate surface area is 106 Å². The number of para-hydroxylation sites is 1. The molecular formula is C14H16N2O2. The number of fused-ring (bicyclic) bond motifs is 1. The molecule has 2 aromatic rings. The highest BCUT2D eigenvalue weighted by Gasteiger charge is 2.14. The van der Waals surface area contributed by atoms with E-state index in [0.29, 0.717) is 6.42 Å². The van der Waals surface area contributed by atoms with E-state index in [1.807, 2.05) is 30.3 Å². The molecule has 0 saturated heterocycles. The molecule has 1 unspecified atom stereocenters. The van der Waals surface area contributed by atoms with Gasteiger partial charge in [-0.15, -0.1) is 0 Å². The molecule has 0 bridgehead atoms. The molecule has 4 heteroatoms. The third kappa shape index (κ3) is 2.72. The van der Waals surface area contributed by atoms with Crippen LogP contribution in [0, 0.1) is 0 Å². The summed E-state index contributed by atoms with van der Waals surface area (Å²) in [4.78, 5) is 16.2. The molecule has 2 rings (SSSR count). The standard InChI is InChI=1S/C14H16N2O2/c1-18-9-12(15)14(17)8-10-6-7-16-13-5-3-2-4-11(10)13/h2-7,12H,8-9,15H2,1H3. The predicted molar refractivity (Wildman–Crippen MR) is 70.3 cm³/mol. The number of hydrogen-bond acceptors (Lipinski definition) is 4. The molecule has 0 radical (unpaired) electrons. The van der Waals surface area contributed by atoms with Crippen LogP contribution in [0.1, 0.15) is 5.56 Å². The predicted octanol–water partition coefficient (Wildman–Crippen LogP) is 1.32. The van der Waals surface area contributed by atoms with Crippen molar-refractivity contribution in [1.82, 2.24) is 4.98 Å². The zero-order valence-electron chi connectivity index (χ0n) is 10.3. The second-order valence-corrected chi connectivity index (χ2v) is 4.19. The Morgan fingerprint density at radius 3 is 2.94 bits per heavy atom. The fourth-order valence-corrected chi connectivity index (χ4v) is 1.90. The molecule has 0 amide bonds. The highest BCUT2D eigenvalue weighted by atomic mass is 16.5. The van der Waals surface area contributed by atoms with E-state index in [1.165, 1.54) is 7.11 Å². The van der Waals surface area contributed by atoms with Crippen molar-refractivity contribution in [3.63, 3.8) is 0 Å². The van der Waals surface area contributed by atoms with Crippen molar-refractivity contribution in [3.05, 3.63) is 42.1 Å². The van der Waals surface area contributed by atoms with Gasteiger partial charge in [0, 0.05) is 25.1 Å². The molecule has 1 aromatic heterocycles. The largest absolute Gasteiger partial charge is 0.383 e. The summed E-state index contributed by atoms with van der Waals surface area (Å²) in [5.41, 5.74) is 7.58. The molecule has 4 nitrogen and oxygen atoms in total. The van der Waals surface area contributed by atoms with Gasteiger partial charge in [-0.25, -0.2) is 0 Å². The van der Waals surface area contributed by atoms with Gasteiger partial charge >= 0.3 is 0 Å². The van der Waals surface area contributed by atoms with Gasteiger partial charge in [0.25, 0.3) is 0 Å². The number of carbonyl (C=O) groups is 1. The first-order chi connectivity index (χ1) is 8.72. The lowest BCUT2D eigenvalue weighted by atomic mass is 10.0. The zero-order chi connectivity index (χ0) is 13.0. The Morgan fingerprint density at radius 2 is 2.17 bits per heavy atom. The van der Waals surface area contributed by atoms with Crippen LogP contribution < -0.4 is 5.73 Å². The average Bonchev–Trinajstić information content (AvgIpc) is 2.39. The lowest BCUT2D eigenvalue weighted by Gasteiger charge is -2.10. The van der Waals surface area contributed by atoms with Crippen LogP contribution in [0.5, 0.6) is 0 Å². The quantitative estimate of drug-likeness (QED) is 0.861. The summed E-state index contributed by atoms with van der Waals surface area (Å²) in [5.74, 6) is -0.0202. The Morgan fingerprint density at radius 1 is 1.39 bits per heavy atom. The number of ether oxygens (including phenoxy) is 1. The first-order valence-electron chi connectivity index (χ1n) is 5.82. The summed E-state index contributed by atoms with van der Waals surface area (Å²) in [6.45, 7) is 0.252. The van der Waals surface area contributed by atoms with E-state index in [1.54, 1.807) is 6.20 Å². The summed E-state index contributed by atoms with van der Waals surface area (Å²) in [7, 11) is 1.54. The number of pyridine rings is 1. The Hall–Kier alpha value is -1.78. The third-order valence-corrected chi connectivity index (χ3v) is 2.86. The lowest BCUT2D eigenvalue weighted by molar-refractivity contribution is -0.120. The minimum Gasteiger partial charge on any atom is -0.383 e. The number of Topliss-reactive ketones (excluding diaryl/α,β-unsaturated/α-hetero) is 1. The normalized spacial score (nSPS) is 12.6. The molecule has 0 saturated carbocycles. The van der Waals surface area contributed by atoms with Crippen LogP contribution in [0.25, 0.3) is 10.9 Å². The van der Waals surface area contributed by atoms with Crippen LogP contribution in [-0.4, -0.2) is 30.5 Å². The van der Waals surface area contributed by atoms with Crippen molar-refractivity contribution < 1.29 is 9.53 Å². The molecule has 18 heavy (non-hydrogen) atoms. The Kier molecular flexibility index (Phi) is 4.02. The van der Waals surface area contributed by atoms with Crippen molar-refractivity contribution in [2.75, 3.05) is 13.7 Å². The fourth-order valence-electron chi connectivity index (χ4n) is 1.90. The van der Waals surface area contributed by atoms with Gasteiger partial charge in [-0.1, -0.05) is 18.2 Å². The van der Waals surface area contributed by atoms with E-state index >= 15 is 0 Å². The molecule has 1 atom stereocenters. The van der Waals surface area contributed by atoms with Crippen LogP contribution in [-0.2, 0) is 16.0 Å². The molecule has 1 aromatic carbocycles. The molecule has 0 fully saturated rings. The smallest absolute Gasteiger partial charge is 0.156 e. The van der Waals surface area contributed by atoms with Gasteiger partial charge < -0.3 is 10.5 Å². The van der Waals surface area contributed by atoms with Gasteiger partial charge in [0.1, 0.15) is 0 Å². The molecular weight excluding hydrogens is 228 g/mol. The minimum absolute atomic E-state index is 0.0202. The lowest BCUT2D eigenvalue weighted by Crippen LogP contribution is -2.35. The number of nitrogens with two attached hydrogens (primary N) is 1. The van der Waals surface area contributed by atoms with Crippen molar-refractivity contribution in [1.29, 1.82) is 0 Å². The molecule has 0 aliphatic carbocycles. The van der Waals surface area contributed by atoms with Crippen LogP contribution in [0.4, 0.5) is 0 Å². The monoisotopic (exact) mass is 244 g/mol. The van der Waals surface area contributed by atoms with Gasteiger partial charge in [-0.2, -0.15) is 0 Å². The van der Waals surface area contributed by atoms with Gasteiger partial charge in [0.15, 0.2) is 5.78 Å². The molecule has 0 aliphatic rings. The van der Waals surface area contributed by atoms with E-state index in [4.69, 9.17) is 10.5 Å². The van der Waals surface area contributed by atoms with E-state index in [0.717, 1.165) is 16.5 Å². The topological polar surface area (TPSA) is 65.2 Å². The first-order valence-corrected chi connectivity index (χ1v) is 5.82. The van der Waals surface area contributed by atoms with E-state index in [-0.39, 0.29) is 12.4 Å². The highest BCUT2D eigenvalue weighted by Crippen LogP contribution is 2.17. The van der Waals surface area contributed by atoms with Crippen molar-refractivity contribution in [2.24, 2.45) is 5.73 Å². The summed E-state index contributed by atoms with van der Waals surface area (Å²) >= 11 is 0. The maximum Gasteiger partial charge on any atom is 0.156 e. The van der Waals surface area contributed by atoms with E-state index in [9.17, 15) is 4.79 Å². The van der Waals surface area contributed by atoms with E-state index in [2.05, 4.69) is 4.98 Å². The maximum atomic E-state index is 11.9. The number of nitrogens with zero attached hydrogens (tertiary/aromatic N) is 1. The number of rotatable bonds is 5. The number of benzene rings is 1. The maximum absolute atomic E-state index is 11.9. The summed E-state index contributed by atoms with van der Waals surface area (Å²) in [5, 5.41) is 0.998. The van der Waals surface area contributed by atoms with Gasteiger partial charge in [-0.3, -0.25) is 9.78 Å². The third-order valence-electron chi connectivity index (χ3n) is 2.86. The van der Waals surface area contributed by atoms with Gasteiger partial charge in [-0.05, 0) is 17.7 Å². The molecule has 2 N–H and O–H groups in total. The van der Waals surface area contributed by atoms with E-state index < -0.39 is 6.04 Å². The van der Waals surface area contributed by atoms with Gasteiger partial charge in [0.2, 0.25) is 0 Å². The zero-order valence-corrected chi connectivity index (χ0v) is 10.3. The summed E-state index contributed by atoms with van der Waals surface area (Å²) < 4.78 is 4.89. The van der Waals surface area contributed by atoms with Crippen LogP contribution in [0.3, 0.4) is 0 Å². The van der Waals surface area contributed by atoms with Crippen molar-refractivity contribution in [2.45, 2.75) is 12.5 Å². The minimum atomic E-state index is -0.568. The summed E-state index contributed by atoms with van der Waals surface area (Å²) in [6.07, 6.45) is 2.03. The second kappa shape index (κ2) is 5.71. The number of methoxy groups -OCH3 is 1. The van der Waals surface area contributed by atoms with Crippen LogP contribution in [0.15, 0.2) is 36.5 Å². The molecule has 0 aliphatic heterocycles. The Bertz CT molecular complexity index is 549. The number of aromatic nitrogens is 1. The number of hydrogen-bond donors (Lipinski definition) is 1. The molecule has 94 valence electrons. The molecule has 1 heterocycles. The summed E-state index contributed by atoms with van der Waals surface area (Å²) in [6, 6.07) is 9.05. The van der Waals surface area contributed by atoms with Crippen LogP contribution in [0.2, 0.25) is 0 Å². The molecule has 0 spiro atoms. The fraction of sp³-hybridized carbons (Fsp3) is 0.286. The SMILES string of the molecule is COCC(N)C(=O)Cc1ccnc2ccccc12. The first kappa shape index (κ1) is 12.7. The van der Waals surface area contributed by atoms with Crippen LogP contribution >= 0.6 is 0 Å². The van der Waals surface area contributed by atoms with Crippen molar-refractivity contribution in [3.8, 4) is 0 Å². The highest BCUT2D eigenvalue weighted by molar-refractivity contribution is 5.91. The van der Waals surface area contributed by atoms with Gasteiger partial charge in [0.05, 0.1) is 18.2 Å². The average molecular weight is 244 g/mol. The Balaban J connectivity index is 2.24.